The molecule has 0 radical (unpaired) electrons. The van der Waals surface area contributed by atoms with Crippen LogP contribution in [0.15, 0.2) is 35.7 Å². The van der Waals surface area contributed by atoms with Gasteiger partial charge in [0.25, 0.3) is 0 Å². The van der Waals surface area contributed by atoms with Gasteiger partial charge in [-0.05, 0) is 55.2 Å². The van der Waals surface area contributed by atoms with Crippen molar-refractivity contribution < 1.29 is 4.79 Å². The van der Waals surface area contributed by atoms with E-state index in [0.717, 1.165) is 41.7 Å². The molecular weight excluding hydrogens is 390 g/mol. The summed E-state index contributed by atoms with van der Waals surface area (Å²) in [7, 11) is 1.90. The Hall–Kier alpha value is -1.87. The van der Waals surface area contributed by atoms with Crippen LogP contribution >= 0.6 is 22.9 Å². The smallest absolute Gasteiger partial charge is 0.233 e. The first-order chi connectivity index (χ1) is 13.4. The Morgan fingerprint density at radius 1 is 1.21 bits per heavy atom. The number of hydrogen-bond acceptors (Lipinski definition) is 4. The third-order valence-electron chi connectivity index (χ3n) is 6.86. The van der Waals surface area contributed by atoms with Crippen LogP contribution in [0.25, 0.3) is 0 Å². The van der Waals surface area contributed by atoms with Crippen molar-refractivity contribution in [1.82, 2.24) is 10.2 Å². The molecule has 2 saturated carbocycles. The summed E-state index contributed by atoms with van der Waals surface area (Å²) in [6.07, 6.45) is 3.76. The Labute approximate surface area is 174 Å². The predicted molar refractivity (Wildman–Crippen MR) is 110 cm³/mol. The van der Waals surface area contributed by atoms with Crippen LogP contribution in [0.2, 0.25) is 5.02 Å². The van der Waals surface area contributed by atoms with E-state index < -0.39 is 5.54 Å². The Morgan fingerprint density at radius 3 is 2.39 bits per heavy atom. The minimum Gasteiger partial charge on any atom is -0.327 e. The molecule has 1 aromatic heterocycles. The van der Waals surface area contributed by atoms with Gasteiger partial charge in [-0.1, -0.05) is 35.9 Å². The fourth-order valence-electron chi connectivity index (χ4n) is 4.78. The highest BCUT2D eigenvalue weighted by atomic mass is 35.5. The molecular formula is C22H22ClN3OS. The zero-order chi connectivity index (χ0) is 19.7. The van der Waals surface area contributed by atoms with Gasteiger partial charge >= 0.3 is 0 Å². The van der Waals surface area contributed by atoms with Gasteiger partial charge in [0.05, 0.1) is 33.6 Å². The summed E-state index contributed by atoms with van der Waals surface area (Å²) in [5.74, 6) is -0.247. The molecule has 1 N–H and O–H groups in total. The Bertz CT molecular complexity index is 1000. The number of nitrogens with zero attached hydrogens (tertiary/aromatic N) is 2. The lowest BCUT2D eigenvalue weighted by molar-refractivity contribution is -0.143. The maximum Gasteiger partial charge on any atom is 0.233 e. The minimum atomic E-state index is -0.570. The zero-order valence-corrected chi connectivity index (χ0v) is 17.5. The minimum absolute atomic E-state index is 0.123. The van der Waals surface area contributed by atoms with Crippen LogP contribution in [0.1, 0.15) is 54.5 Å². The third kappa shape index (κ3) is 2.41. The Balaban J connectivity index is 1.60. The first-order valence-corrected chi connectivity index (χ1v) is 10.9. The molecule has 2 atom stereocenters. The number of benzene rings is 1. The molecule has 144 valence electrons. The highest BCUT2D eigenvalue weighted by Gasteiger charge is 2.61. The third-order valence-corrected chi connectivity index (χ3v) is 8.44. The number of carbonyl (C=O) groups is 1. The lowest BCUT2D eigenvalue weighted by Crippen LogP contribution is -2.66. The van der Waals surface area contributed by atoms with Crippen LogP contribution in [-0.2, 0) is 15.7 Å². The molecule has 2 aromatic rings. The number of hydrogen-bond donors (Lipinski definition) is 1. The molecule has 5 rings (SSSR count). The van der Waals surface area contributed by atoms with Gasteiger partial charge in [-0.25, -0.2) is 0 Å². The Kier molecular flexibility index (Phi) is 3.78. The number of carbonyl (C=O) groups excluding carboxylic acids is 1. The average molecular weight is 412 g/mol. The van der Waals surface area contributed by atoms with Crippen LogP contribution in [0.4, 0.5) is 0 Å². The first kappa shape index (κ1) is 18.2. The van der Waals surface area contributed by atoms with Crippen molar-refractivity contribution in [1.29, 1.82) is 5.26 Å². The van der Waals surface area contributed by atoms with Crippen molar-refractivity contribution >= 4 is 28.8 Å². The summed E-state index contributed by atoms with van der Waals surface area (Å²) in [5.41, 5.74) is 0.873. The number of halogens is 1. The van der Waals surface area contributed by atoms with Crippen molar-refractivity contribution in [2.45, 2.75) is 55.1 Å². The number of rotatable bonds is 3. The molecule has 2 aliphatic carbocycles. The fourth-order valence-corrected chi connectivity index (χ4v) is 6.18. The van der Waals surface area contributed by atoms with E-state index in [0.29, 0.717) is 5.02 Å². The summed E-state index contributed by atoms with van der Waals surface area (Å²) in [6.45, 7) is 2.10. The topological polar surface area (TPSA) is 56.1 Å². The second kappa shape index (κ2) is 5.82. The van der Waals surface area contributed by atoms with Crippen LogP contribution < -0.4 is 5.32 Å². The monoisotopic (exact) mass is 411 g/mol. The van der Waals surface area contributed by atoms with E-state index in [9.17, 15) is 10.1 Å². The molecule has 1 spiro atoms. The van der Waals surface area contributed by atoms with Crippen LogP contribution in [-0.4, -0.2) is 23.5 Å². The summed E-state index contributed by atoms with van der Waals surface area (Å²) in [5, 5.41) is 16.0. The molecule has 28 heavy (non-hydrogen) atoms. The average Bonchev–Trinajstić information content (AvgIpc) is 3.60. The maximum atomic E-state index is 13.5. The van der Waals surface area contributed by atoms with Crippen LogP contribution in [0.3, 0.4) is 0 Å². The standard InChI is InChI=1S/C22H22ClN3OS/c1-20(18-16(23)7-12-28-18)17(19(27)26(2)22(25-20)10-11-22)14-3-5-15(6-4-14)21(13-24)8-9-21/h3-7,12,17,25H,8-11H2,1-2H3/t17?,20-/m0/s1. The first-order valence-electron chi connectivity index (χ1n) is 9.67. The maximum absolute atomic E-state index is 13.5. The molecule has 2 heterocycles. The van der Waals surface area contributed by atoms with Gasteiger partial charge in [-0.15, -0.1) is 11.3 Å². The number of nitrogens with one attached hydrogen (secondary N) is 1. The van der Waals surface area contributed by atoms with Gasteiger partial charge in [0, 0.05) is 11.9 Å². The van der Waals surface area contributed by atoms with E-state index in [1.807, 2.05) is 47.7 Å². The summed E-state index contributed by atoms with van der Waals surface area (Å²) in [4.78, 5) is 16.4. The van der Waals surface area contributed by atoms with Gasteiger partial charge in [-0.3, -0.25) is 10.1 Å². The summed E-state index contributed by atoms with van der Waals surface area (Å²) < 4.78 is 0. The van der Waals surface area contributed by atoms with E-state index in [1.165, 1.54) is 0 Å². The van der Waals surface area contributed by atoms with Gasteiger partial charge in [-0.2, -0.15) is 5.26 Å². The highest BCUT2D eigenvalue weighted by Crippen LogP contribution is 2.54. The van der Waals surface area contributed by atoms with Gasteiger partial charge in [0.15, 0.2) is 0 Å². The number of thiophene rings is 1. The molecule has 3 aliphatic rings. The van der Waals surface area contributed by atoms with Gasteiger partial charge < -0.3 is 4.90 Å². The Morgan fingerprint density at radius 2 is 1.89 bits per heavy atom. The largest absolute Gasteiger partial charge is 0.327 e. The molecule has 1 amide bonds. The predicted octanol–water partition coefficient (Wildman–Crippen LogP) is 4.51. The highest BCUT2D eigenvalue weighted by molar-refractivity contribution is 7.10. The molecule has 0 bridgehead atoms. The lowest BCUT2D eigenvalue weighted by Gasteiger charge is -2.50. The molecule has 1 unspecified atom stereocenters. The molecule has 1 saturated heterocycles. The van der Waals surface area contributed by atoms with Crippen molar-refractivity contribution in [2.24, 2.45) is 0 Å². The normalized spacial score (nSPS) is 29.6. The second-order valence-corrected chi connectivity index (χ2v) is 9.93. The van der Waals surface area contributed by atoms with E-state index in [-0.39, 0.29) is 22.9 Å². The summed E-state index contributed by atoms with van der Waals surface area (Å²) in [6, 6.07) is 12.4. The van der Waals surface area contributed by atoms with Crippen molar-refractivity contribution in [3.63, 3.8) is 0 Å². The van der Waals surface area contributed by atoms with E-state index in [4.69, 9.17) is 11.6 Å². The molecule has 1 aromatic carbocycles. The fraction of sp³-hybridized carbons (Fsp3) is 0.455. The number of amides is 1. The van der Waals surface area contributed by atoms with Gasteiger partial charge in [0.1, 0.15) is 0 Å². The van der Waals surface area contributed by atoms with E-state index in [1.54, 1.807) is 11.3 Å². The molecule has 1 aliphatic heterocycles. The zero-order valence-electron chi connectivity index (χ0n) is 16.0. The van der Waals surface area contributed by atoms with Crippen molar-refractivity contribution in [3.8, 4) is 6.07 Å². The lowest BCUT2D eigenvalue weighted by atomic mass is 9.75. The summed E-state index contributed by atoms with van der Waals surface area (Å²) >= 11 is 8.13. The molecule has 4 nitrogen and oxygen atoms in total. The van der Waals surface area contributed by atoms with Gasteiger partial charge in [0.2, 0.25) is 5.91 Å². The quantitative estimate of drug-likeness (QED) is 0.808. The molecule has 3 fully saturated rings. The van der Waals surface area contributed by atoms with E-state index >= 15 is 0 Å². The van der Waals surface area contributed by atoms with Crippen molar-refractivity contribution in [3.05, 3.63) is 56.7 Å². The number of nitriles is 1. The number of likely N-dealkylation sites (N-methyl/N-ethyl adjacent to an activating group) is 1. The molecule has 6 heteroatoms. The van der Waals surface area contributed by atoms with Crippen molar-refractivity contribution in [2.75, 3.05) is 7.05 Å². The SMILES string of the molecule is CN1C(=O)C(c2ccc(C3(C#N)CC3)cc2)[C@@](C)(c2sccc2Cl)NC12CC2. The van der Waals surface area contributed by atoms with E-state index in [2.05, 4.69) is 18.3 Å². The van der Waals surface area contributed by atoms with Crippen LogP contribution in [0.5, 0.6) is 0 Å². The second-order valence-electron chi connectivity index (χ2n) is 8.60. The van der Waals surface area contributed by atoms with Crippen LogP contribution in [0, 0.1) is 11.3 Å².